The van der Waals surface area contributed by atoms with E-state index in [1.165, 1.54) is 0 Å². The Balaban J connectivity index is 3.07. The van der Waals surface area contributed by atoms with Crippen molar-refractivity contribution in [2.45, 2.75) is 10.5 Å². The average molecular weight is 218 g/mol. The zero-order valence-corrected chi connectivity index (χ0v) is 8.39. The van der Waals surface area contributed by atoms with Crippen LogP contribution in [0.3, 0.4) is 0 Å². The van der Waals surface area contributed by atoms with E-state index in [0.717, 1.165) is 23.5 Å². The Labute approximate surface area is 89.4 Å². The average Bonchev–Trinajstić information content (AvgIpc) is 2.26. The van der Waals surface area contributed by atoms with Crippen LogP contribution in [0.15, 0.2) is 9.81 Å². The second-order valence-corrected chi connectivity index (χ2v) is 4.52. The van der Waals surface area contributed by atoms with Crippen LogP contribution in [-0.4, -0.2) is 10.5 Å². The summed E-state index contributed by atoms with van der Waals surface area (Å²) >= 11 is 1.98. The van der Waals surface area contributed by atoms with Gasteiger partial charge in [0, 0.05) is 0 Å². The molecule has 1 aliphatic heterocycles. The lowest BCUT2D eigenvalue weighted by Crippen LogP contribution is -2.20. The lowest BCUT2D eigenvalue weighted by atomic mass is 10.3. The fraction of sp³-hybridized carbons (Fsp3) is 0.250. The predicted octanol–water partition coefficient (Wildman–Crippen LogP) is 1.51. The summed E-state index contributed by atoms with van der Waals surface area (Å²) < 4.78 is 0. The second-order valence-electron chi connectivity index (χ2n) is 2.22. The highest BCUT2D eigenvalue weighted by Gasteiger charge is 2.32. The molecule has 2 atom stereocenters. The minimum absolute atomic E-state index is 0.232. The van der Waals surface area contributed by atoms with Crippen molar-refractivity contribution < 1.29 is 0 Å². The maximum Gasteiger partial charge on any atom is 0.122 e. The maximum atomic E-state index is 8.71. The Morgan fingerprint density at radius 2 is 1.14 bits per heavy atom. The number of rotatable bonds is 0. The van der Waals surface area contributed by atoms with Gasteiger partial charge in [0.2, 0.25) is 0 Å². The molecule has 0 amide bonds. The molecule has 6 heteroatoms. The number of hydrogen-bond acceptors (Lipinski definition) is 6. The summed E-state index contributed by atoms with van der Waals surface area (Å²) in [7, 11) is 0. The first-order chi connectivity index (χ1) is 6.76. The third-order valence-electron chi connectivity index (χ3n) is 1.43. The van der Waals surface area contributed by atoms with Crippen LogP contribution in [0.1, 0.15) is 0 Å². The Morgan fingerprint density at radius 1 is 0.786 bits per heavy atom. The highest BCUT2D eigenvalue weighted by atomic mass is 32.2. The number of allylic oxidation sites excluding steroid dienone is 2. The van der Waals surface area contributed by atoms with Gasteiger partial charge in [-0.25, -0.2) is 0 Å². The summed E-state index contributed by atoms with van der Waals surface area (Å²) in [5, 5.41) is 33.6. The maximum absolute atomic E-state index is 8.71. The van der Waals surface area contributed by atoms with Crippen LogP contribution in [0.2, 0.25) is 0 Å². The van der Waals surface area contributed by atoms with E-state index in [9.17, 15) is 0 Å². The summed E-state index contributed by atoms with van der Waals surface area (Å²) in [6.45, 7) is 0. The molecule has 0 radical (unpaired) electrons. The van der Waals surface area contributed by atoms with Crippen molar-refractivity contribution >= 4 is 23.5 Å². The fourth-order valence-electron chi connectivity index (χ4n) is 0.827. The smallest absolute Gasteiger partial charge is 0.122 e. The number of thioether (sulfide) groups is 2. The second kappa shape index (κ2) is 4.58. The van der Waals surface area contributed by atoms with Gasteiger partial charge in [0.1, 0.15) is 32.4 Å². The van der Waals surface area contributed by atoms with Crippen molar-refractivity contribution in [1.29, 1.82) is 21.0 Å². The van der Waals surface area contributed by atoms with Crippen LogP contribution in [0, 0.1) is 45.3 Å². The molecule has 0 aromatic heterocycles. The molecule has 4 nitrogen and oxygen atoms in total. The highest BCUT2D eigenvalue weighted by molar-refractivity contribution is 8.11. The van der Waals surface area contributed by atoms with E-state index >= 15 is 0 Å². The molecule has 0 fully saturated rings. The van der Waals surface area contributed by atoms with Crippen LogP contribution in [-0.2, 0) is 0 Å². The van der Waals surface area contributed by atoms with Gasteiger partial charge in [0.05, 0.1) is 12.1 Å². The van der Waals surface area contributed by atoms with Gasteiger partial charge < -0.3 is 0 Å². The minimum Gasteiger partial charge on any atom is -0.197 e. The Morgan fingerprint density at radius 3 is 1.36 bits per heavy atom. The molecule has 0 saturated carbocycles. The largest absolute Gasteiger partial charge is 0.197 e. The van der Waals surface area contributed by atoms with Gasteiger partial charge in [-0.1, -0.05) is 23.5 Å². The van der Waals surface area contributed by atoms with E-state index < -0.39 is 10.5 Å². The van der Waals surface area contributed by atoms with Gasteiger partial charge in [-0.05, 0) is 0 Å². The fourth-order valence-corrected chi connectivity index (χ4v) is 2.84. The summed E-state index contributed by atoms with van der Waals surface area (Å²) in [6.07, 6.45) is 0. The molecule has 0 aromatic carbocycles. The topological polar surface area (TPSA) is 95.2 Å². The van der Waals surface area contributed by atoms with Crippen LogP contribution in [0.5, 0.6) is 0 Å². The Hall–Kier alpha value is -1.60. The number of nitrogens with zero attached hydrogens (tertiary/aromatic N) is 4. The molecule has 0 spiro atoms. The molecule has 14 heavy (non-hydrogen) atoms. The number of nitriles is 4. The summed E-state index contributed by atoms with van der Waals surface area (Å²) in [5.74, 6) is 0. The molecular weight excluding hydrogens is 216 g/mol. The quantitative estimate of drug-likeness (QED) is 0.611. The van der Waals surface area contributed by atoms with E-state index in [0.29, 0.717) is 0 Å². The zero-order chi connectivity index (χ0) is 10.6. The first-order valence-electron chi connectivity index (χ1n) is 3.43. The van der Waals surface area contributed by atoms with Gasteiger partial charge >= 0.3 is 0 Å². The third-order valence-corrected chi connectivity index (χ3v) is 4.06. The van der Waals surface area contributed by atoms with Crippen molar-refractivity contribution in [3.63, 3.8) is 0 Å². The molecule has 0 unspecified atom stereocenters. The Kier molecular flexibility index (Phi) is 3.43. The first kappa shape index (κ1) is 10.5. The van der Waals surface area contributed by atoms with Gasteiger partial charge in [-0.2, -0.15) is 21.0 Å². The predicted molar refractivity (Wildman–Crippen MR) is 52.2 cm³/mol. The molecule has 0 saturated heterocycles. The van der Waals surface area contributed by atoms with Gasteiger partial charge in [-0.3, -0.25) is 0 Å². The monoisotopic (exact) mass is 218 g/mol. The lowest BCUT2D eigenvalue weighted by molar-refractivity contribution is 1.11. The van der Waals surface area contributed by atoms with E-state index in [4.69, 9.17) is 21.0 Å². The van der Waals surface area contributed by atoms with Crippen LogP contribution < -0.4 is 0 Å². The van der Waals surface area contributed by atoms with Crippen molar-refractivity contribution in [1.82, 2.24) is 0 Å². The summed E-state index contributed by atoms with van der Waals surface area (Å²) in [4.78, 5) is 0.464. The number of hydrogen-bond donors (Lipinski definition) is 0. The molecular formula is C8H2N4S2. The minimum atomic E-state index is -0.572. The summed E-state index contributed by atoms with van der Waals surface area (Å²) in [5.41, 5.74) is 0. The molecule has 0 aliphatic carbocycles. The zero-order valence-electron chi connectivity index (χ0n) is 6.76. The SMILES string of the molecule is N#CC1=C(C#N)S[C@H](C#N)[C@@H](C#N)S1. The molecule has 66 valence electrons. The van der Waals surface area contributed by atoms with E-state index in [1.807, 2.05) is 24.3 Å². The molecule has 0 aromatic rings. The van der Waals surface area contributed by atoms with Gasteiger partial charge in [0.15, 0.2) is 0 Å². The van der Waals surface area contributed by atoms with Gasteiger partial charge in [-0.15, -0.1) is 0 Å². The van der Waals surface area contributed by atoms with Crippen molar-refractivity contribution in [3.05, 3.63) is 9.81 Å². The van der Waals surface area contributed by atoms with E-state index in [2.05, 4.69) is 0 Å². The van der Waals surface area contributed by atoms with Crippen molar-refractivity contribution in [3.8, 4) is 24.3 Å². The van der Waals surface area contributed by atoms with Crippen LogP contribution in [0.4, 0.5) is 0 Å². The van der Waals surface area contributed by atoms with Gasteiger partial charge in [0.25, 0.3) is 0 Å². The van der Waals surface area contributed by atoms with Crippen LogP contribution in [0.25, 0.3) is 0 Å². The molecule has 1 aliphatic rings. The molecule has 0 bridgehead atoms. The molecule has 1 heterocycles. The highest BCUT2D eigenvalue weighted by Crippen LogP contribution is 2.41. The summed E-state index contributed by atoms with van der Waals surface area (Å²) in [6, 6.07) is 7.58. The van der Waals surface area contributed by atoms with E-state index in [1.54, 1.807) is 0 Å². The molecule has 1 rings (SSSR count). The van der Waals surface area contributed by atoms with Crippen LogP contribution >= 0.6 is 23.5 Å². The van der Waals surface area contributed by atoms with Crippen molar-refractivity contribution in [2.24, 2.45) is 0 Å². The molecule has 0 N–H and O–H groups in total. The third kappa shape index (κ3) is 1.83. The van der Waals surface area contributed by atoms with Crippen molar-refractivity contribution in [2.75, 3.05) is 0 Å². The standard InChI is InChI=1S/C8H2N4S2/c9-1-5-6(2-10)14-8(4-12)7(3-11)13-5/h5-6H/t5-,6-/m1/s1. The van der Waals surface area contributed by atoms with E-state index in [-0.39, 0.29) is 9.81 Å². The first-order valence-corrected chi connectivity index (χ1v) is 5.19. The lowest BCUT2D eigenvalue weighted by Gasteiger charge is -2.19. The normalized spacial score (nSPS) is 25.4. The Bertz CT molecular complexity index is 398.